The van der Waals surface area contributed by atoms with E-state index in [1.807, 2.05) is 0 Å². The van der Waals surface area contributed by atoms with Gasteiger partial charge < -0.3 is 11.1 Å². The van der Waals surface area contributed by atoms with E-state index in [4.69, 9.17) is 17.3 Å². The molecule has 1 fully saturated rings. The van der Waals surface area contributed by atoms with Crippen LogP contribution in [0.4, 0.5) is 5.69 Å². The Morgan fingerprint density at radius 3 is 2.72 bits per heavy atom. The quantitative estimate of drug-likeness (QED) is 0.759. The fourth-order valence-corrected chi connectivity index (χ4v) is 2.37. The molecule has 0 atom stereocenters. The van der Waals surface area contributed by atoms with Gasteiger partial charge in [0.15, 0.2) is 0 Å². The maximum Gasteiger partial charge on any atom is 0.285 e. The minimum Gasteiger partial charge on any atom is -0.380 e. The summed E-state index contributed by atoms with van der Waals surface area (Å²) in [5.74, 6) is -0.264. The average Bonchev–Trinajstić information content (AvgIpc) is 2.36. The standard InChI is InChI=1S/C11H15ClN4O2/c12-9-8(5-14-16-11(9)18)15-7-3-1-6(2-4-7)10(13)17/h5-7H,1-4H2,(H2,13,17)(H2,15,16,18). The molecule has 1 heterocycles. The summed E-state index contributed by atoms with van der Waals surface area (Å²) in [7, 11) is 0. The Kier molecular flexibility index (Phi) is 3.86. The summed E-state index contributed by atoms with van der Waals surface area (Å²) < 4.78 is 0. The van der Waals surface area contributed by atoms with E-state index in [-0.39, 0.29) is 22.9 Å². The highest BCUT2D eigenvalue weighted by Crippen LogP contribution is 2.27. The molecule has 1 aromatic rings. The molecule has 0 bridgehead atoms. The molecule has 0 unspecified atom stereocenters. The number of carbonyl (C=O) groups is 1. The Morgan fingerprint density at radius 1 is 1.44 bits per heavy atom. The normalized spacial score (nSPS) is 23.6. The van der Waals surface area contributed by atoms with Gasteiger partial charge in [-0.2, -0.15) is 5.10 Å². The van der Waals surface area contributed by atoms with Crippen molar-refractivity contribution < 1.29 is 4.79 Å². The number of carbonyl (C=O) groups excluding carboxylic acids is 1. The van der Waals surface area contributed by atoms with Crippen LogP contribution in [0.5, 0.6) is 0 Å². The molecule has 0 radical (unpaired) electrons. The van der Waals surface area contributed by atoms with Crippen molar-refractivity contribution in [2.75, 3.05) is 5.32 Å². The molecule has 1 aliphatic carbocycles. The Bertz CT molecular complexity index is 494. The number of rotatable bonds is 3. The van der Waals surface area contributed by atoms with Crippen LogP contribution in [0.1, 0.15) is 25.7 Å². The van der Waals surface area contributed by atoms with Crippen LogP contribution in [-0.4, -0.2) is 22.1 Å². The number of halogens is 1. The van der Waals surface area contributed by atoms with E-state index in [1.54, 1.807) is 0 Å². The van der Waals surface area contributed by atoms with Gasteiger partial charge in [-0.05, 0) is 25.7 Å². The molecule has 6 nitrogen and oxygen atoms in total. The van der Waals surface area contributed by atoms with Crippen LogP contribution in [0.15, 0.2) is 11.0 Å². The van der Waals surface area contributed by atoms with Crippen molar-refractivity contribution in [3.8, 4) is 0 Å². The Balaban J connectivity index is 1.98. The predicted octanol–water partition coefficient (Wildman–Crippen LogP) is 0.879. The van der Waals surface area contributed by atoms with E-state index in [0.717, 1.165) is 25.7 Å². The second-order valence-electron chi connectivity index (χ2n) is 4.52. The monoisotopic (exact) mass is 270 g/mol. The smallest absolute Gasteiger partial charge is 0.285 e. The van der Waals surface area contributed by atoms with Crippen molar-refractivity contribution in [3.05, 3.63) is 21.6 Å². The fraction of sp³-hybridized carbons (Fsp3) is 0.545. The summed E-state index contributed by atoms with van der Waals surface area (Å²) in [6, 6.07) is 0.196. The maximum absolute atomic E-state index is 11.3. The van der Waals surface area contributed by atoms with Crippen LogP contribution in [0.25, 0.3) is 0 Å². The van der Waals surface area contributed by atoms with Gasteiger partial charge in [0, 0.05) is 12.0 Å². The number of aromatic nitrogens is 2. The number of aromatic amines is 1. The zero-order valence-corrected chi connectivity index (χ0v) is 10.5. The third-order valence-electron chi connectivity index (χ3n) is 3.28. The number of primary amides is 1. The van der Waals surface area contributed by atoms with Gasteiger partial charge in [-0.1, -0.05) is 11.6 Å². The van der Waals surface area contributed by atoms with Crippen molar-refractivity contribution in [3.63, 3.8) is 0 Å². The highest BCUT2D eigenvalue weighted by atomic mass is 35.5. The minimum atomic E-state index is -0.410. The van der Waals surface area contributed by atoms with Crippen molar-refractivity contribution in [2.24, 2.45) is 11.7 Å². The Morgan fingerprint density at radius 2 is 2.11 bits per heavy atom. The third-order valence-corrected chi connectivity index (χ3v) is 3.66. The molecule has 4 N–H and O–H groups in total. The van der Waals surface area contributed by atoms with Crippen LogP contribution in [0.3, 0.4) is 0 Å². The average molecular weight is 271 g/mol. The molecule has 1 aromatic heterocycles. The number of hydrogen-bond donors (Lipinski definition) is 3. The lowest BCUT2D eigenvalue weighted by Crippen LogP contribution is -2.32. The molecule has 0 saturated heterocycles. The lowest BCUT2D eigenvalue weighted by molar-refractivity contribution is -0.122. The molecule has 0 aromatic carbocycles. The third kappa shape index (κ3) is 2.81. The molecule has 1 saturated carbocycles. The first kappa shape index (κ1) is 12.9. The molecule has 98 valence electrons. The van der Waals surface area contributed by atoms with Gasteiger partial charge in [0.25, 0.3) is 5.56 Å². The van der Waals surface area contributed by atoms with E-state index in [2.05, 4.69) is 15.5 Å². The maximum atomic E-state index is 11.3. The van der Waals surface area contributed by atoms with Crippen LogP contribution in [0.2, 0.25) is 5.02 Å². The first-order chi connectivity index (χ1) is 8.58. The number of nitrogens with one attached hydrogen (secondary N) is 2. The first-order valence-electron chi connectivity index (χ1n) is 5.87. The van der Waals surface area contributed by atoms with Gasteiger partial charge in [0.2, 0.25) is 5.91 Å². The van der Waals surface area contributed by atoms with Gasteiger partial charge in [-0.3, -0.25) is 9.59 Å². The van der Waals surface area contributed by atoms with E-state index >= 15 is 0 Å². The van der Waals surface area contributed by atoms with Crippen LogP contribution < -0.4 is 16.6 Å². The van der Waals surface area contributed by atoms with Crippen molar-refractivity contribution in [2.45, 2.75) is 31.7 Å². The Hall–Kier alpha value is -1.56. The molecular weight excluding hydrogens is 256 g/mol. The fourth-order valence-electron chi connectivity index (χ4n) is 2.23. The minimum absolute atomic E-state index is 0.0316. The summed E-state index contributed by atoms with van der Waals surface area (Å²) >= 11 is 5.87. The lowest BCUT2D eigenvalue weighted by Gasteiger charge is -2.28. The van der Waals surface area contributed by atoms with E-state index < -0.39 is 5.56 Å². The second kappa shape index (κ2) is 5.39. The highest BCUT2D eigenvalue weighted by Gasteiger charge is 2.25. The molecule has 1 aliphatic rings. The van der Waals surface area contributed by atoms with Gasteiger partial charge in [0.05, 0.1) is 11.9 Å². The van der Waals surface area contributed by atoms with Crippen molar-refractivity contribution in [1.82, 2.24) is 10.2 Å². The summed E-state index contributed by atoms with van der Waals surface area (Å²) in [4.78, 5) is 22.3. The predicted molar refractivity (Wildman–Crippen MR) is 68.4 cm³/mol. The lowest BCUT2D eigenvalue weighted by atomic mass is 9.85. The number of H-pyrrole nitrogens is 1. The summed E-state index contributed by atoms with van der Waals surface area (Å²) in [6.07, 6.45) is 4.68. The molecule has 0 spiro atoms. The summed E-state index contributed by atoms with van der Waals surface area (Å²) in [5.41, 5.74) is 5.39. The molecular formula is C11H15ClN4O2. The zero-order chi connectivity index (χ0) is 13.1. The topological polar surface area (TPSA) is 101 Å². The van der Waals surface area contributed by atoms with Gasteiger partial charge >= 0.3 is 0 Å². The van der Waals surface area contributed by atoms with Crippen LogP contribution >= 0.6 is 11.6 Å². The van der Waals surface area contributed by atoms with Gasteiger partial charge in [-0.15, -0.1) is 0 Å². The molecule has 2 rings (SSSR count). The zero-order valence-electron chi connectivity index (χ0n) is 9.78. The summed E-state index contributed by atoms with van der Waals surface area (Å²) in [6.45, 7) is 0. The van der Waals surface area contributed by atoms with E-state index in [9.17, 15) is 9.59 Å². The van der Waals surface area contributed by atoms with E-state index in [0.29, 0.717) is 5.69 Å². The number of anilines is 1. The molecule has 0 aliphatic heterocycles. The molecule has 1 amide bonds. The number of nitrogens with zero attached hydrogens (tertiary/aromatic N) is 1. The van der Waals surface area contributed by atoms with Gasteiger partial charge in [-0.25, -0.2) is 5.10 Å². The van der Waals surface area contributed by atoms with Gasteiger partial charge in [0.1, 0.15) is 5.02 Å². The number of hydrogen-bond acceptors (Lipinski definition) is 4. The van der Waals surface area contributed by atoms with Crippen LogP contribution in [0, 0.1) is 5.92 Å². The van der Waals surface area contributed by atoms with Crippen molar-refractivity contribution >= 4 is 23.2 Å². The number of amides is 1. The number of nitrogens with two attached hydrogens (primary N) is 1. The first-order valence-corrected chi connectivity index (χ1v) is 6.24. The van der Waals surface area contributed by atoms with Crippen molar-refractivity contribution in [1.29, 1.82) is 0 Å². The molecule has 7 heteroatoms. The SMILES string of the molecule is NC(=O)C1CCC(Nc2cn[nH]c(=O)c2Cl)CC1. The second-order valence-corrected chi connectivity index (χ2v) is 4.90. The van der Waals surface area contributed by atoms with E-state index in [1.165, 1.54) is 6.20 Å². The van der Waals surface area contributed by atoms with Crippen LogP contribution in [-0.2, 0) is 4.79 Å². The molecule has 18 heavy (non-hydrogen) atoms. The largest absolute Gasteiger partial charge is 0.380 e. The summed E-state index contributed by atoms with van der Waals surface area (Å²) in [5, 5.41) is 9.25. The highest BCUT2D eigenvalue weighted by molar-refractivity contribution is 6.32. The Labute approximate surface area is 109 Å².